The van der Waals surface area contributed by atoms with Crippen molar-refractivity contribution in [2.45, 2.75) is 20.3 Å². The van der Waals surface area contributed by atoms with Crippen LogP contribution in [0, 0.1) is 0 Å². The Morgan fingerprint density at radius 3 is 2.36 bits per heavy atom. The summed E-state index contributed by atoms with van der Waals surface area (Å²) in [6.07, 6.45) is 0.445. The maximum Gasteiger partial charge on any atom is 0.306 e. The van der Waals surface area contributed by atoms with Gasteiger partial charge >= 0.3 is 5.97 Å². The first-order chi connectivity index (χ1) is 6.61. The predicted molar refractivity (Wildman–Crippen MR) is 55.9 cm³/mol. The molecule has 5 heteroatoms. The standard InChI is InChI=1S/C9H17O4P/c1-4-12-8(3)14(11)7-6-9(10)13-5-2/h14H,3-7H2,1-2H3. The molecule has 0 saturated carbocycles. The lowest BCUT2D eigenvalue weighted by Crippen LogP contribution is -2.05. The van der Waals surface area contributed by atoms with Crippen LogP contribution in [0.5, 0.6) is 0 Å². The summed E-state index contributed by atoms with van der Waals surface area (Å²) >= 11 is 0. The van der Waals surface area contributed by atoms with Crippen LogP contribution in [0.2, 0.25) is 0 Å². The van der Waals surface area contributed by atoms with Gasteiger partial charge in [-0.1, -0.05) is 6.58 Å². The van der Waals surface area contributed by atoms with Gasteiger partial charge in [-0.25, -0.2) is 0 Å². The Morgan fingerprint density at radius 2 is 1.86 bits per heavy atom. The van der Waals surface area contributed by atoms with E-state index in [0.717, 1.165) is 0 Å². The van der Waals surface area contributed by atoms with Gasteiger partial charge in [-0.05, 0) is 13.8 Å². The van der Waals surface area contributed by atoms with Crippen molar-refractivity contribution in [3.63, 3.8) is 0 Å². The molecular formula is C9H17O4P. The first-order valence-corrected chi connectivity index (χ1v) is 6.23. The van der Waals surface area contributed by atoms with Crippen LogP contribution >= 0.6 is 7.80 Å². The van der Waals surface area contributed by atoms with E-state index in [9.17, 15) is 9.36 Å². The molecule has 82 valence electrons. The fraction of sp³-hybridized carbons (Fsp3) is 0.667. The summed E-state index contributed by atoms with van der Waals surface area (Å²) in [6.45, 7) is 7.87. The molecule has 4 nitrogen and oxygen atoms in total. The summed E-state index contributed by atoms with van der Waals surface area (Å²) in [5.74, 6) is -0.324. The lowest BCUT2D eigenvalue weighted by Gasteiger charge is -2.06. The average molecular weight is 220 g/mol. The van der Waals surface area contributed by atoms with Crippen molar-refractivity contribution in [3.8, 4) is 0 Å². The molecule has 0 aliphatic heterocycles. The van der Waals surface area contributed by atoms with E-state index >= 15 is 0 Å². The molecule has 0 radical (unpaired) electrons. The summed E-state index contributed by atoms with van der Waals surface area (Å²) in [5.41, 5.74) is 0.293. The molecule has 0 N–H and O–H groups in total. The second kappa shape index (κ2) is 7.63. The predicted octanol–water partition coefficient (Wildman–Crippen LogP) is 2.01. The molecule has 0 heterocycles. The Kier molecular flexibility index (Phi) is 7.21. The molecule has 14 heavy (non-hydrogen) atoms. The van der Waals surface area contributed by atoms with Gasteiger partial charge in [0.2, 0.25) is 0 Å². The van der Waals surface area contributed by atoms with Gasteiger partial charge < -0.3 is 14.0 Å². The smallest absolute Gasteiger partial charge is 0.306 e. The molecule has 0 aromatic carbocycles. The van der Waals surface area contributed by atoms with E-state index in [1.54, 1.807) is 13.8 Å². The molecule has 0 aromatic rings. The highest BCUT2D eigenvalue weighted by atomic mass is 31.1. The van der Waals surface area contributed by atoms with Gasteiger partial charge in [0.05, 0.1) is 19.6 Å². The molecular weight excluding hydrogens is 203 g/mol. The normalized spacial score (nSPS) is 11.9. The van der Waals surface area contributed by atoms with Crippen LogP contribution in [-0.2, 0) is 18.8 Å². The number of hydrogen-bond acceptors (Lipinski definition) is 4. The molecule has 0 bridgehead atoms. The first-order valence-electron chi connectivity index (χ1n) is 4.62. The number of rotatable bonds is 7. The van der Waals surface area contributed by atoms with Crippen molar-refractivity contribution < 1.29 is 18.8 Å². The molecule has 1 unspecified atom stereocenters. The van der Waals surface area contributed by atoms with Gasteiger partial charge in [0, 0.05) is 6.16 Å². The van der Waals surface area contributed by atoms with Crippen LogP contribution in [-0.4, -0.2) is 25.3 Å². The van der Waals surface area contributed by atoms with Crippen molar-refractivity contribution in [1.29, 1.82) is 0 Å². The first kappa shape index (κ1) is 13.2. The molecule has 0 aliphatic rings. The Bertz CT molecular complexity index is 225. The van der Waals surface area contributed by atoms with E-state index < -0.39 is 7.80 Å². The number of carbonyl (C=O) groups is 1. The van der Waals surface area contributed by atoms with E-state index in [4.69, 9.17) is 9.47 Å². The Hall–Kier alpha value is -0.760. The summed E-state index contributed by atoms with van der Waals surface area (Å²) in [4.78, 5) is 10.9. The van der Waals surface area contributed by atoms with Crippen molar-refractivity contribution in [3.05, 3.63) is 12.1 Å². The van der Waals surface area contributed by atoms with E-state index in [1.807, 2.05) is 0 Å². The molecule has 1 atom stereocenters. The van der Waals surface area contributed by atoms with Crippen molar-refractivity contribution in [2.75, 3.05) is 19.4 Å². The molecule has 0 spiro atoms. The summed E-state index contributed by atoms with van der Waals surface area (Å²) < 4.78 is 21.1. The third-order valence-electron chi connectivity index (χ3n) is 1.49. The lowest BCUT2D eigenvalue weighted by atomic mass is 10.5. The summed E-state index contributed by atoms with van der Waals surface area (Å²) in [6, 6.07) is 0. The molecule has 0 amide bonds. The average Bonchev–Trinajstić information content (AvgIpc) is 2.15. The highest BCUT2D eigenvalue weighted by Gasteiger charge is 2.09. The van der Waals surface area contributed by atoms with E-state index in [1.165, 1.54) is 0 Å². The molecule has 0 rings (SSSR count). The highest BCUT2D eigenvalue weighted by Crippen LogP contribution is 2.31. The van der Waals surface area contributed by atoms with Crippen LogP contribution in [0.15, 0.2) is 12.1 Å². The second-order valence-electron chi connectivity index (χ2n) is 2.58. The van der Waals surface area contributed by atoms with Crippen LogP contribution in [0.25, 0.3) is 0 Å². The van der Waals surface area contributed by atoms with Gasteiger partial charge in [0.25, 0.3) is 0 Å². The minimum atomic E-state index is -2.01. The van der Waals surface area contributed by atoms with Crippen molar-refractivity contribution in [2.24, 2.45) is 0 Å². The molecule has 0 aromatic heterocycles. The van der Waals surface area contributed by atoms with Crippen LogP contribution < -0.4 is 0 Å². The second-order valence-corrected chi connectivity index (χ2v) is 4.49. The van der Waals surface area contributed by atoms with Gasteiger partial charge in [-0.3, -0.25) is 4.79 Å². The van der Waals surface area contributed by atoms with Gasteiger partial charge in [0.1, 0.15) is 13.3 Å². The number of carbonyl (C=O) groups excluding carboxylic acids is 1. The third-order valence-corrected chi connectivity index (χ3v) is 2.96. The Morgan fingerprint density at radius 1 is 1.29 bits per heavy atom. The van der Waals surface area contributed by atoms with Gasteiger partial charge in [0.15, 0.2) is 0 Å². The summed E-state index contributed by atoms with van der Waals surface area (Å²) in [7, 11) is -2.01. The Labute approximate surface area is 85.1 Å². The quantitative estimate of drug-likeness (QED) is 0.374. The van der Waals surface area contributed by atoms with Crippen LogP contribution in [0.1, 0.15) is 20.3 Å². The lowest BCUT2D eigenvalue weighted by molar-refractivity contribution is -0.142. The molecule has 0 saturated heterocycles. The SMILES string of the molecule is C=C(OCC)[PH](=O)CCC(=O)OCC. The van der Waals surface area contributed by atoms with Crippen LogP contribution in [0.3, 0.4) is 0 Å². The van der Waals surface area contributed by atoms with Crippen LogP contribution in [0.4, 0.5) is 0 Å². The third kappa shape index (κ3) is 5.81. The minimum Gasteiger partial charge on any atom is -0.491 e. The topological polar surface area (TPSA) is 52.6 Å². The van der Waals surface area contributed by atoms with Gasteiger partial charge in [-0.15, -0.1) is 0 Å². The van der Waals surface area contributed by atoms with E-state index in [2.05, 4.69) is 6.58 Å². The maximum atomic E-state index is 11.4. The number of ether oxygens (including phenoxy) is 2. The fourth-order valence-electron chi connectivity index (χ4n) is 0.843. The Balaban J connectivity index is 3.73. The minimum absolute atomic E-state index is 0.164. The number of hydrogen-bond donors (Lipinski definition) is 0. The maximum absolute atomic E-state index is 11.4. The molecule has 0 aliphatic carbocycles. The zero-order valence-corrected chi connectivity index (χ0v) is 9.67. The van der Waals surface area contributed by atoms with Gasteiger partial charge in [-0.2, -0.15) is 0 Å². The zero-order chi connectivity index (χ0) is 11.0. The van der Waals surface area contributed by atoms with E-state index in [-0.39, 0.29) is 18.6 Å². The van der Waals surface area contributed by atoms with E-state index in [0.29, 0.717) is 18.7 Å². The monoisotopic (exact) mass is 220 g/mol. The fourth-order valence-corrected chi connectivity index (χ4v) is 1.86. The molecule has 0 fully saturated rings. The summed E-state index contributed by atoms with van der Waals surface area (Å²) in [5, 5.41) is 0. The van der Waals surface area contributed by atoms with Crippen molar-refractivity contribution in [1.82, 2.24) is 0 Å². The number of esters is 1. The largest absolute Gasteiger partial charge is 0.491 e. The highest BCUT2D eigenvalue weighted by molar-refractivity contribution is 7.49. The van der Waals surface area contributed by atoms with Crippen molar-refractivity contribution >= 4 is 13.8 Å². The zero-order valence-electron chi connectivity index (χ0n) is 8.67.